The van der Waals surface area contributed by atoms with Crippen LogP contribution in [-0.2, 0) is 4.79 Å². The molecule has 0 radical (unpaired) electrons. The molecule has 0 aromatic carbocycles. The molecule has 0 bridgehead atoms. The van der Waals surface area contributed by atoms with Gasteiger partial charge in [0.2, 0.25) is 5.91 Å². The number of hydrogen-bond donors (Lipinski definition) is 1. The van der Waals surface area contributed by atoms with Gasteiger partial charge in [0, 0.05) is 19.0 Å². The summed E-state index contributed by atoms with van der Waals surface area (Å²) in [6, 6.07) is 0.429. The highest BCUT2D eigenvalue weighted by Crippen LogP contribution is 2.17. The molecule has 3 nitrogen and oxygen atoms in total. The molecule has 1 aliphatic rings. The van der Waals surface area contributed by atoms with E-state index in [0.717, 1.165) is 32.2 Å². The third-order valence-corrected chi connectivity index (χ3v) is 2.47. The first-order valence-electron chi connectivity index (χ1n) is 4.75. The molecule has 70 valence electrons. The van der Waals surface area contributed by atoms with Crippen LogP contribution in [0.4, 0.5) is 0 Å². The molecule has 1 rings (SSSR count). The van der Waals surface area contributed by atoms with Gasteiger partial charge in [0.05, 0.1) is 0 Å². The molecule has 1 amide bonds. The summed E-state index contributed by atoms with van der Waals surface area (Å²) in [7, 11) is 0. The van der Waals surface area contributed by atoms with Crippen LogP contribution in [0.1, 0.15) is 32.6 Å². The zero-order chi connectivity index (χ0) is 8.97. The molecule has 1 atom stereocenters. The summed E-state index contributed by atoms with van der Waals surface area (Å²) in [4.78, 5) is 13.4. The van der Waals surface area contributed by atoms with E-state index in [1.165, 1.54) is 0 Å². The van der Waals surface area contributed by atoms with Crippen molar-refractivity contribution in [2.45, 2.75) is 38.6 Å². The van der Waals surface area contributed by atoms with Crippen molar-refractivity contribution in [3.63, 3.8) is 0 Å². The predicted octanol–water partition coefficient (Wildman–Crippen LogP) is 0.736. The Kier molecular flexibility index (Phi) is 3.53. The quantitative estimate of drug-likeness (QED) is 0.679. The molecule has 1 fully saturated rings. The molecule has 1 aliphatic heterocycles. The fraction of sp³-hybridized carbons (Fsp3) is 0.889. The number of carbonyl (C=O) groups excluding carboxylic acids is 1. The average molecular weight is 170 g/mol. The minimum atomic E-state index is 0.308. The molecule has 0 aromatic rings. The van der Waals surface area contributed by atoms with Crippen molar-refractivity contribution in [1.82, 2.24) is 4.90 Å². The number of hydrogen-bond acceptors (Lipinski definition) is 2. The summed E-state index contributed by atoms with van der Waals surface area (Å²) in [6.45, 7) is 3.64. The number of amides is 1. The zero-order valence-corrected chi connectivity index (χ0v) is 7.75. The first kappa shape index (κ1) is 9.52. The summed E-state index contributed by atoms with van der Waals surface area (Å²) >= 11 is 0. The molecule has 3 heteroatoms. The molecular formula is C9H18N2O. The van der Waals surface area contributed by atoms with Crippen LogP contribution < -0.4 is 5.73 Å². The highest BCUT2D eigenvalue weighted by atomic mass is 16.2. The molecule has 1 saturated heterocycles. The molecule has 0 spiro atoms. The number of carbonyl (C=O) groups is 1. The van der Waals surface area contributed by atoms with Gasteiger partial charge in [-0.3, -0.25) is 4.79 Å². The number of piperidine rings is 1. The van der Waals surface area contributed by atoms with E-state index in [0.29, 0.717) is 18.5 Å². The van der Waals surface area contributed by atoms with E-state index in [9.17, 15) is 4.79 Å². The largest absolute Gasteiger partial charge is 0.340 e. The Bertz CT molecular complexity index is 159. The minimum Gasteiger partial charge on any atom is -0.340 e. The second-order valence-corrected chi connectivity index (χ2v) is 3.47. The lowest BCUT2D eigenvalue weighted by Crippen LogP contribution is -2.42. The van der Waals surface area contributed by atoms with Gasteiger partial charge in [0.1, 0.15) is 0 Å². The first-order chi connectivity index (χ1) is 5.75. The lowest BCUT2D eigenvalue weighted by Gasteiger charge is -2.33. The smallest absolute Gasteiger partial charge is 0.222 e. The van der Waals surface area contributed by atoms with Gasteiger partial charge in [0.25, 0.3) is 0 Å². The number of nitrogens with zero attached hydrogens (tertiary/aromatic N) is 1. The molecular weight excluding hydrogens is 152 g/mol. The fourth-order valence-corrected chi connectivity index (χ4v) is 1.70. The van der Waals surface area contributed by atoms with Gasteiger partial charge in [0.15, 0.2) is 0 Å². The van der Waals surface area contributed by atoms with Gasteiger partial charge in [-0.1, -0.05) is 0 Å². The van der Waals surface area contributed by atoms with Gasteiger partial charge < -0.3 is 10.6 Å². The summed E-state index contributed by atoms with van der Waals surface area (Å²) in [5, 5.41) is 0. The SMILES string of the molecule is CC1CCCC(=O)N1CCCN. The second kappa shape index (κ2) is 4.45. The highest BCUT2D eigenvalue weighted by molar-refractivity contribution is 5.77. The fourth-order valence-electron chi connectivity index (χ4n) is 1.70. The first-order valence-corrected chi connectivity index (χ1v) is 4.75. The third-order valence-electron chi connectivity index (χ3n) is 2.47. The standard InChI is InChI=1S/C9H18N2O/c1-8-4-2-5-9(12)11(8)7-3-6-10/h8H,2-7,10H2,1H3. The van der Waals surface area contributed by atoms with Crippen molar-refractivity contribution in [2.75, 3.05) is 13.1 Å². The van der Waals surface area contributed by atoms with Crippen molar-refractivity contribution in [2.24, 2.45) is 5.73 Å². The van der Waals surface area contributed by atoms with Crippen LogP contribution >= 0.6 is 0 Å². The molecule has 1 unspecified atom stereocenters. The van der Waals surface area contributed by atoms with Crippen LogP contribution in [0.3, 0.4) is 0 Å². The van der Waals surface area contributed by atoms with Gasteiger partial charge in [-0.15, -0.1) is 0 Å². The minimum absolute atomic E-state index is 0.308. The summed E-state index contributed by atoms with van der Waals surface area (Å²) < 4.78 is 0. The van der Waals surface area contributed by atoms with Gasteiger partial charge in [-0.25, -0.2) is 0 Å². The van der Waals surface area contributed by atoms with Crippen LogP contribution in [0.5, 0.6) is 0 Å². The maximum atomic E-state index is 11.4. The third kappa shape index (κ3) is 2.21. The van der Waals surface area contributed by atoms with Crippen LogP contribution in [-0.4, -0.2) is 29.9 Å². The summed E-state index contributed by atoms with van der Waals surface area (Å²) in [6.07, 6.45) is 3.86. The summed E-state index contributed by atoms with van der Waals surface area (Å²) in [5.74, 6) is 0.308. The molecule has 1 heterocycles. The van der Waals surface area contributed by atoms with Crippen molar-refractivity contribution < 1.29 is 4.79 Å². The van der Waals surface area contributed by atoms with Crippen LogP contribution in [0.2, 0.25) is 0 Å². The Morgan fingerprint density at radius 2 is 2.42 bits per heavy atom. The Hall–Kier alpha value is -0.570. The van der Waals surface area contributed by atoms with Crippen molar-refractivity contribution in [3.05, 3.63) is 0 Å². The van der Waals surface area contributed by atoms with E-state index >= 15 is 0 Å². The van der Waals surface area contributed by atoms with Crippen molar-refractivity contribution in [1.29, 1.82) is 0 Å². The van der Waals surface area contributed by atoms with Crippen molar-refractivity contribution in [3.8, 4) is 0 Å². The van der Waals surface area contributed by atoms with Crippen LogP contribution in [0, 0.1) is 0 Å². The topological polar surface area (TPSA) is 46.3 Å². The Morgan fingerprint density at radius 1 is 1.67 bits per heavy atom. The maximum absolute atomic E-state index is 11.4. The molecule has 0 aliphatic carbocycles. The van der Waals surface area contributed by atoms with Crippen LogP contribution in [0.25, 0.3) is 0 Å². The number of likely N-dealkylation sites (tertiary alicyclic amines) is 1. The zero-order valence-electron chi connectivity index (χ0n) is 7.75. The Balaban J connectivity index is 2.40. The van der Waals surface area contributed by atoms with Gasteiger partial charge in [-0.2, -0.15) is 0 Å². The number of nitrogens with two attached hydrogens (primary N) is 1. The second-order valence-electron chi connectivity index (χ2n) is 3.47. The Labute approximate surface area is 73.9 Å². The lowest BCUT2D eigenvalue weighted by atomic mass is 10.0. The van der Waals surface area contributed by atoms with E-state index in [4.69, 9.17) is 5.73 Å². The van der Waals surface area contributed by atoms with Crippen molar-refractivity contribution >= 4 is 5.91 Å². The molecule has 12 heavy (non-hydrogen) atoms. The maximum Gasteiger partial charge on any atom is 0.222 e. The van der Waals surface area contributed by atoms with E-state index in [1.807, 2.05) is 4.90 Å². The summed E-state index contributed by atoms with van der Waals surface area (Å²) in [5.41, 5.74) is 5.40. The normalized spacial score (nSPS) is 24.7. The predicted molar refractivity (Wildman–Crippen MR) is 48.7 cm³/mol. The van der Waals surface area contributed by atoms with E-state index in [2.05, 4.69) is 6.92 Å². The van der Waals surface area contributed by atoms with Gasteiger partial charge >= 0.3 is 0 Å². The average Bonchev–Trinajstić information content (AvgIpc) is 2.04. The van der Waals surface area contributed by atoms with E-state index in [-0.39, 0.29) is 0 Å². The Morgan fingerprint density at radius 3 is 3.00 bits per heavy atom. The lowest BCUT2D eigenvalue weighted by molar-refractivity contribution is -0.135. The van der Waals surface area contributed by atoms with Crippen LogP contribution in [0.15, 0.2) is 0 Å². The number of rotatable bonds is 3. The highest BCUT2D eigenvalue weighted by Gasteiger charge is 2.23. The molecule has 0 saturated carbocycles. The van der Waals surface area contributed by atoms with E-state index in [1.54, 1.807) is 0 Å². The van der Waals surface area contributed by atoms with E-state index < -0.39 is 0 Å². The molecule has 2 N–H and O–H groups in total. The monoisotopic (exact) mass is 170 g/mol. The van der Waals surface area contributed by atoms with Gasteiger partial charge in [-0.05, 0) is 32.7 Å². The molecule has 0 aromatic heterocycles.